The van der Waals surface area contributed by atoms with Gasteiger partial charge >= 0.3 is 0 Å². The monoisotopic (exact) mass is 270 g/mol. The van der Waals surface area contributed by atoms with Gasteiger partial charge in [-0.3, -0.25) is 0 Å². The maximum absolute atomic E-state index is 2.60. The predicted octanol–water partition coefficient (Wildman–Crippen LogP) is 5.72. The highest BCUT2D eigenvalue weighted by molar-refractivity contribution is 5.52. The van der Waals surface area contributed by atoms with Crippen molar-refractivity contribution in [3.05, 3.63) is 34.4 Å². The van der Waals surface area contributed by atoms with E-state index in [1.165, 1.54) is 25.7 Å². The molecule has 0 saturated heterocycles. The summed E-state index contributed by atoms with van der Waals surface area (Å²) in [4.78, 5) is 0. The van der Waals surface area contributed by atoms with Crippen molar-refractivity contribution >= 4 is 0 Å². The molecule has 1 aromatic rings. The third-order valence-electron chi connectivity index (χ3n) is 6.98. The predicted molar refractivity (Wildman–Crippen MR) is 87.6 cm³/mol. The molecule has 3 atom stereocenters. The molecule has 3 rings (SSSR count). The van der Waals surface area contributed by atoms with Crippen LogP contribution in [0.5, 0.6) is 0 Å². The normalized spacial score (nSPS) is 34.7. The molecular formula is C20H30. The lowest BCUT2D eigenvalue weighted by molar-refractivity contribution is 0.239. The molecule has 0 saturated carbocycles. The fraction of sp³-hybridized carbons (Fsp3) is 0.700. The Kier molecular flexibility index (Phi) is 3.09. The summed E-state index contributed by atoms with van der Waals surface area (Å²) in [5.74, 6) is 1.47. The van der Waals surface area contributed by atoms with Crippen molar-refractivity contribution in [3.63, 3.8) is 0 Å². The van der Waals surface area contributed by atoms with Crippen molar-refractivity contribution < 1.29 is 0 Å². The second kappa shape index (κ2) is 4.36. The van der Waals surface area contributed by atoms with E-state index in [0.29, 0.717) is 16.7 Å². The van der Waals surface area contributed by atoms with Crippen molar-refractivity contribution in [2.75, 3.05) is 0 Å². The lowest BCUT2D eigenvalue weighted by Gasteiger charge is -2.35. The molecule has 0 heterocycles. The lowest BCUT2D eigenvalue weighted by atomic mass is 9.69. The molecule has 0 N–H and O–H groups in total. The van der Waals surface area contributed by atoms with Gasteiger partial charge in [0.25, 0.3) is 0 Å². The molecule has 110 valence electrons. The zero-order valence-corrected chi connectivity index (χ0v) is 14.1. The fourth-order valence-corrected chi connectivity index (χ4v) is 4.86. The molecule has 20 heavy (non-hydrogen) atoms. The van der Waals surface area contributed by atoms with E-state index in [9.17, 15) is 0 Å². The van der Waals surface area contributed by atoms with Crippen LogP contribution in [0, 0.1) is 5.92 Å². The first-order valence-electron chi connectivity index (χ1n) is 8.50. The summed E-state index contributed by atoms with van der Waals surface area (Å²) >= 11 is 0. The quantitative estimate of drug-likeness (QED) is 0.612. The Morgan fingerprint density at radius 1 is 1.10 bits per heavy atom. The minimum absolute atomic E-state index is 0.315. The van der Waals surface area contributed by atoms with Crippen LogP contribution < -0.4 is 0 Å². The fourth-order valence-electron chi connectivity index (χ4n) is 4.86. The Morgan fingerprint density at radius 2 is 1.80 bits per heavy atom. The molecule has 3 unspecified atom stereocenters. The summed E-state index contributed by atoms with van der Waals surface area (Å²) in [6, 6.07) is 5.18. The molecule has 1 aromatic carbocycles. The van der Waals surface area contributed by atoms with E-state index in [2.05, 4.69) is 53.7 Å². The molecular weight excluding hydrogens is 240 g/mol. The van der Waals surface area contributed by atoms with Crippen molar-refractivity contribution in [2.45, 2.75) is 84.0 Å². The third-order valence-corrected chi connectivity index (χ3v) is 6.98. The summed E-state index contributed by atoms with van der Waals surface area (Å²) in [5.41, 5.74) is 7.26. The molecule has 0 nitrogen and oxygen atoms in total. The smallest absolute Gasteiger partial charge is 0.00410 e. The Hall–Kier alpha value is -0.780. The first-order chi connectivity index (χ1) is 9.32. The van der Waals surface area contributed by atoms with Crippen molar-refractivity contribution in [3.8, 4) is 0 Å². The van der Waals surface area contributed by atoms with E-state index >= 15 is 0 Å². The van der Waals surface area contributed by atoms with Crippen LogP contribution in [0.2, 0.25) is 0 Å². The number of hydrogen-bond donors (Lipinski definition) is 0. The van der Waals surface area contributed by atoms with Gasteiger partial charge in [0.2, 0.25) is 0 Å². The first-order valence-corrected chi connectivity index (χ1v) is 8.50. The van der Waals surface area contributed by atoms with Crippen LogP contribution in [0.1, 0.15) is 89.0 Å². The van der Waals surface area contributed by atoms with E-state index in [1.54, 1.807) is 22.3 Å². The van der Waals surface area contributed by atoms with Gasteiger partial charge < -0.3 is 0 Å². The Balaban J connectivity index is 2.25. The van der Waals surface area contributed by atoms with Crippen LogP contribution in [0.4, 0.5) is 0 Å². The average molecular weight is 270 g/mol. The molecule has 2 aliphatic carbocycles. The van der Waals surface area contributed by atoms with E-state index in [1.807, 2.05) is 0 Å². The summed E-state index contributed by atoms with van der Waals surface area (Å²) in [7, 11) is 0. The van der Waals surface area contributed by atoms with Gasteiger partial charge in [0.05, 0.1) is 0 Å². The Labute approximate surface area is 125 Å². The maximum Gasteiger partial charge on any atom is -0.00410 e. The average Bonchev–Trinajstić information content (AvgIpc) is 2.58. The molecule has 0 amide bonds. The number of rotatable bonds is 1. The molecule has 0 aliphatic heterocycles. The minimum Gasteiger partial charge on any atom is -0.0645 e. The molecule has 0 aromatic heterocycles. The summed E-state index contributed by atoms with van der Waals surface area (Å²) in [6.45, 7) is 14.6. The Bertz CT molecular complexity index is 537. The van der Waals surface area contributed by atoms with Gasteiger partial charge in [-0.2, -0.15) is 0 Å². The number of fused-ring (bicyclic) bond motifs is 2. The standard InChI is InChI=1S/C20H30/c1-7-20(6)14(3)19(4,5)17-11-15-10-8-9-13(2)16(15)12-18(17)20/h11-14H,7-10H2,1-6H3. The summed E-state index contributed by atoms with van der Waals surface area (Å²) in [6.07, 6.45) is 5.28. The topological polar surface area (TPSA) is 0 Å². The van der Waals surface area contributed by atoms with Gasteiger partial charge in [-0.25, -0.2) is 0 Å². The van der Waals surface area contributed by atoms with Crippen molar-refractivity contribution in [1.82, 2.24) is 0 Å². The molecule has 0 fully saturated rings. The van der Waals surface area contributed by atoms with Gasteiger partial charge in [-0.1, -0.05) is 53.7 Å². The van der Waals surface area contributed by atoms with Gasteiger partial charge in [0, 0.05) is 0 Å². The lowest BCUT2D eigenvalue weighted by Crippen LogP contribution is -2.32. The van der Waals surface area contributed by atoms with Crippen molar-refractivity contribution in [2.24, 2.45) is 5.92 Å². The molecule has 0 radical (unpaired) electrons. The van der Waals surface area contributed by atoms with Crippen LogP contribution in [-0.2, 0) is 17.3 Å². The van der Waals surface area contributed by atoms with E-state index in [0.717, 1.165) is 5.92 Å². The summed E-state index contributed by atoms with van der Waals surface area (Å²) in [5, 5.41) is 0. The molecule has 0 heteroatoms. The minimum atomic E-state index is 0.315. The highest BCUT2D eigenvalue weighted by Gasteiger charge is 2.50. The molecule has 0 spiro atoms. The third kappa shape index (κ3) is 1.66. The van der Waals surface area contributed by atoms with Crippen LogP contribution in [-0.4, -0.2) is 0 Å². The summed E-state index contributed by atoms with van der Waals surface area (Å²) < 4.78 is 0. The highest BCUT2D eigenvalue weighted by Crippen LogP contribution is 2.56. The number of hydrogen-bond acceptors (Lipinski definition) is 0. The molecule has 0 bridgehead atoms. The van der Waals surface area contributed by atoms with Crippen LogP contribution in [0.15, 0.2) is 12.1 Å². The van der Waals surface area contributed by atoms with E-state index in [-0.39, 0.29) is 0 Å². The second-order valence-corrected chi connectivity index (χ2v) is 8.10. The van der Waals surface area contributed by atoms with Gasteiger partial charge in [-0.05, 0) is 70.6 Å². The van der Waals surface area contributed by atoms with E-state index < -0.39 is 0 Å². The van der Waals surface area contributed by atoms with Crippen LogP contribution in [0.3, 0.4) is 0 Å². The highest BCUT2D eigenvalue weighted by atomic mass is 14.5. The Morgan fingerprint density at radius 3 is 2.45 bits per heavy atom. The SMILES string of the molecule is CCC1(C)c2cc3c(cc2C(C)(C)C1C)CCCC3C. The molecule has 2 aliphatic rings. The van der Waals surface area contributed by atoms with Gasteiger partial charge in [-0.15, -0.1) is 0 Å². The van der Waals surface area contributed by atoms with Crippen LogP contribution in [0.25, 0.3) is 0 Å². The zero-order valence-electron chi connectivity index (χ0n) is 14.1. The maximum atomic E-state index is 2.60. The number of aryl methyl sites for hydroxylation is 1. The van der Waals surface area contributed by atoms with Crippen molar-refractivity contribution in [1.29, 1.82) is 0 Å². The first kappa shape index (κ1) is 14.2. The zero-order chi connectivity index (χ0) is 14.7. The van der Waals surface area contributed by atoms with E-state index in [4.69, 9.17) is 0 Å². The van der Waals surface area contributed by atoms with Gasteiger partial charge in [0.1, 0.15) is 0 Å². The van der Waals surface area contributed by atoms with Crippen LogP contribution >= 0.6 is 0 Å². The number of benzene rings is 1. The van der Waals surface area contributed by atoms with Gasteiger partial charge in [0.15, 0.2) is 0 Å². The second-order valence-electron chi connectivity index (χ2n) is 8.10. The largest absolute Gasteiger partial charge is 0.0645 e.